The molecule has 3 fully saturated rings. The van der Waals surface area contributed by atoms with E-state index in [1.54, 1.807) is 0 Å². The highest BCUT2D eigenvalue weighted by Crippen LogP contribution is 2.27. The zero-order valence-corrected chi connectivity index (χ0v) is 12.6. The highest BCUT2D eigenvalue weighted by molar-refractivity contribution is 5.78. The molecule has 20 heavy (non-hydrogen) atoms. The van der Waals surface area contributed by atoms with Gasteiger partial charge >= 0.3 is 0 Å². The maximum Gasteiger partial charge on any atom is 0.236 e. The fourth-order valence-corrected chi connectivity index (χ4v) is 3.58. The van der Waals surface area contributed by atoms with E-state index in [0.29, 0.717) is 12.5 Å². The number of hydrogen-bond acceptors (Lipinski definition) is 3. The summed E-state index contributed by atoms with van der Waals surface area (Å²) >= 11 is 0. The molecule has 0 atom stereocenters. The largest absolute Gasteiger partial charge is 0.341 e. The third kappa shape index (κ3) is 3.95. The van der Waals surface area contributed by atoms with E-state index in [1.807, 2.05) is 0 Å². The SMILES string of the molecule is O=C(CNCC1CC1)N1CCC(N2CCCCC2)CC1. The molecule has 4 nitrogen and oxygen atoms in total. The number of hydrogen-bond donors (Lipinski definition) is 1. The maximum atomic E-state index is 12.1. The lowest BCUT2D eigenvalue weighted by atomic mass is 10.00. The Morgan fingerprint density at radius 3 is 2.30 bits per heavy atom. The van der Waals surface area contributed by atoms with E-state index < -0.39 is 0 Å². The lowest BCUT2D eigenvalue weighted by Crippen LogP contribution is -2.49. The van der Waals surface area contributed by atoms with Crippen LogP contribution >= 0.6 is 0 Å². The number of likely N-dealkylation sites (tertiary alicyclic amines) is 2. The van der Waals surface area contributed by atoms with Crippen LogP contribution < -0.4 is 5.32 Å². The molecule has 2 heterocycles. The molecule has 0 spiro atoms. The molecule has 1 amide bonds. The predicted molar refractivity (Wildman–Crippen MR) is 80.6 cm³/mol. The molecule has 2 aliphatic heterocycles. The van der Waals surface area contributed by atoms with Crippen LogP contribution in [-0.2, 0) is 4.79 Å². The Hall–Kier alpha value is -0.610. The molecule has 3 aliphatic rings. The van der Waals surface area contributed by atoms with Crippen molar-refractivity contribution >= 4 is 5.91 Å². The van der Waals surface area contributed by atoms with Crippen molar-refractivity contribution in [3.63, 3.8) is 0 Å². The number of amides is 1. The molecular weight excluding hydrogens is 250 g/mol. The van der Waals surface area contributed by atoms with Crippen LogP contribution in [-0.4, -0.2) is 61.0 Å². The monoisotopic (exact) mass is 279 g/mol. The van der Waals surface area contributed by atoms with Crippen LogP contribution in [0.25, 0.3) is 0 Å². The van der Waals surface area contributed by atoms with Crippen molar-refractivity contribution in [1.82, 2.24) is 15.1 Å². The number of carbonyl (C=O) groups is 1. The third-order valence-corrected chi connectivity index (χ3v) is 5.13. The van der Waals surface area contributed by atoms with Gasteiger partial charge in [-0.1, -0.05) is 6.42 Å². The summed E-state index contributed by atoms with van der Waals surface area (Å²) in [6, 6.07) is 0.735. The molecular formula is C16H29N3O. The van der Waals surface area contributed by atoms with E-state index in [0.717, 1.165) is 31.6 Å². The highest BCUT2D eigenvalue weighted by Gasteiger charge is 2.27. The summed E-state index contributed by atoms with van der Waals surface area (Å²) in [5, 5.41) is 3.32. The summed E-state index contributed by atoms with van der Waals surface area (Å²) in [4.78, 5) is 16.9. The molecule has 0 radical (unpaired) electrons. The average Bonchev–Trinajstić information content (AvgIpc) is 3.32. The van der Waals surface area contributed by atoms with Gasteiger partial charge in [-0.25, -0.2) is 0 Å². The van der Waals surface area contributed by atoms with E-state index in [2.05, 4.69) is 15.1 Å². The molecule has 1 aliphatic carbocycles. The van der Waals surface area contributed by atoms with Crippen molar-refractivity contribution in [3.8, 4) is 0 Å². The molecule has 0 aromatic rings. The first-order valence-corrected chi connectivity index (χ1v) is 8.55. The minimum absolute atomic E-state index is 0.308. The molecule has 3 rings (SSSR count). The Morgan fingerprint density at radius 2 is 1.65 bits per heavy atom. The third-order valence-electron chi connectivity index (χ3n) is 5.13. The van der Waals surface area contributed by atoms with Gasteiger partial charge in [-0.15, -0.1) is 0 Å². The number of piperidine rings is 2. The van der Waals surface area contributed by atoms with Gasteiger partial charge in [0.05, 0.1) is 6.54 Å². The van der Waals surface area contributed by atoms with Gasteiger partial charge in [0.2, 0.25) is 5.91 Å². The lowest BCUT2D eigenvalue weighted by Gasteiger charge is -2.40. The number of nitrogens with one attached hydrogen (secondary N) is 1. The van der Waals surface area contributed by atoms with Crippen LogP contribution in [0, 0.1) is 5.92 Å². The molecule has 0 aromatic carbocycles. The molecule has 0 aromatic heterocycles. The molecule has 4 heteroatoms. The number of carbonyl (C=O) groups excluding carboxylic acids is 1. The number of rotatable bonds is 5. The van der Waals surface area contributed by atoms with Crippen molar-refractivity contribution in [2.45, 2.75) is 51.0 Å². The lowest BCUT2D eigenvalue weighted by molar-refractivity contribution is -0.131. The highest BCUT2D eigenvalue weighted by atomic mass is 16.2. The second-order valence-corrected chi connectivity index (χ2v) is 6.78. The Kier molecular flexibility index (Phi) is 4.94. The molecule has 1 N–H and O–H groups in total. The van der Waals surface area contributed by atoms with Gasteiger partial charge in [0.1, 0.15) is 0 Å². The summed E-state index contributed by atoms with van der Waals surface area (Å²) in [6.45, 7) is 6.07. The van der Waals surface area contributed by atoms with Crippen LogP contribution in [0.3, 0.4) is 0 Å². The zero-order chi connectivity index (χ0) is 13.8. The maximum absolute atomic E-state index is 12.1. The second-order valence-electron chi connectivity index (χ2n) is 6.78. The van der Waals surface area contributed by atoms with Crippen molar-refractivity contribution in [2.24, 2.45) is 5.92 Å². The van der Waals surface area contributed by atoms with Crippen LogP contribution in [0.1, 0.15) is 44.9 Å². The van der Waals surface area contributed by atoms with Crippen LogP contribution in [0.4, 0.5) is 0 Å². The van der Waals surface area contributed by atoms with Gasteiger partial charge in [-0.3, -0.25) is 4.79 Å². The van der Waals surface area contributed by atoms with Crippen LogP contribution in [0.5, 0.6) is 0 Å². The minimum atomic E-state index is 0.308. The van der Waals surface area contributed by atoms with Crippen molar-refractivity contribution in [3.05, 3.63) is 0 Å². The van der Waals surface area contributed by atoms with E-state index in [9.17, 15) is 4.79 Å². The average molecular weight is 279 g/mol. The quantitative estimate of drug-likeness (QED) is 0.827. The summed E-state index contributed by atoms with van der Waals surface area (Å²) in [5.74, 6) is 1.16. The molecule has 2 saturated heterocycles. The van der Waals surface area contributed by atoms with Gasteiger partial charge in [0.25, 0.3) is 0 Å². The van der Waals surface area contributed by atoms with Crippen molar-refractivity contribution < 1.29 is 4.79 Å². The van der Waals surface area contributed by atoms with Gasteiger partial charge < -0.3 is 15.1 Å². The van der Waals surface area contributed by atoms with Gasteiger partial charge in [0.15, 0.2) is 0 Å². The number of nitrogens with zero attached hydrogens (tertiary/aromatic N) is 2. The summed E-state index contributed by atoms with van der Waals surface area (Å²) < 4.78 is 0. The second kappa shape index (κ2) is 6.90. The standard InChI is InChI=1S/C16H29N3O/c20-16(13-17-12-14-4-5-14)19-10-6-15(7-11-19)18-8-2-1-3-9-18/h14-15,17H,1-13H2. The van der Waals surface area contributed by atoms with Crippen LogP contribution in [0.15, 0.2) is 0 Å². The van der Waals surface area contributed by atoms with Crippen LogP contribution in [0.2, 0.25) is 0 Å². The zero-order valence-electron chi connectivity index (χ0n) is 12.6. The fraction of sp³-hybridized carbons (Fsp3) is 0.938. The summed E-state index contributed by atoms with van der Waals surface area (Å²) in [5.41, 5.74) is 0. The fourth-order valence-electron chi connectivity index (χ4n) is 3.58. The van der Waals surface area contributed by atoms with E-state index in [-0.39, 0.29) is 0 Å². The molecule has 0 bridgehead atoms. The van der Waals surface area contributed by atoms with Gasteiger partial charge in [-0.05, 0) is 64.1 Å². The predicted octanol–water partition coefficient (Wildman–Crippen LogP) is 1.46. The van der Waals surface area contributed by atoms with E-state index in [1.165, 1.54) is 58.0 Å². The molecule has 0 unspecified atom stereocenters. The summed E-state index contributed by atoms with van der Waals surface area (Å²) in [6.07, 6.45) is 9.18. The minimum Gasteiger partial charge on any atom is -0.341 e. The Labute approximate surface area is 122 Å². The van der Waals surface area contributed by atoms with E-state index in [4.69, 9.17) is 0 Å². The Bertz CT molecular complexity index is 316. The topological polar surface area (TPSA) is 35.6 Å². The first-order valence-electron chi connectivity index (χ1n) is 8.55. The molecule has 1 saturated carbocycles. The van der Waals surface area contributed by atoms with Crippen molar-refractivity contribution in [2.75, 3.05) is 39.3 Å². The molecule has 114 valence electrons. The smallest absolute Gasteiger partial charge is 0.236 e. The van der Waals surface area contributed by atoms with E-state index >= 15 is 0 Å². The van der Waals surface area contributed by atoms with Gasteiger partial charge in [-0.2, -0.15) is 0 Å². The normalized spacial score (nSPS) is 25.9. The van der Waals surface area contributed by atoms with Crippen molar-refractivity contribution in [1.29, 1.82) is 0 Å². The Balaban J connectivity index is 1.35. The first kappa shape index (κ1) is 14.3. The Morgan fingerprint density at radius 1 is 0.950 bits per heavy atom. The first-order chi connectivity index (χ1) is 9.83. The van der Waals surface area contributed by atoms with Gasteiger partial charge in [0, 0.05) is 19.1 Å². The summed E-state index contributed by atoms with van der Waals surface area (Å²) in [7, 11) is 0.